The second-order valence-corrected chi connectivity index (χ2v) is 6.94. The number of anilines is 2. The van der Waals surface area contributed by atoms with Crippen LogP contribution in [0.5, 0.6) is 0 Å². The monoisotopic (exact) mass is 477 g/mol. The standard InChI is InChI=1S/C18H13Cl2N7O5/c19-12-4-2-1-3-11(12)8-21-16-15(27(31)32)17(23-9-22-16)24-25-18(28)10-5-6-13(20)14(7-10)26(29)30/h1-7,9H,8H2,(H,25,28)(H2,21,22,23,24). The average molecular weight is 478 g/mol. The van der Waals surface area contributed by atoms with Crippen LogP contribution in [0, 0.1) is 20.2 Å². The first-order valence-electron chi connectivity index (χ1n) is 8.75. The predicted octanol–water partition coefficient (Wildman–Crippen LogP) is 3.97. The second kappa shape index (κ2) is 9.85. The summed E-state index contributed by atoms with van der Waals surface area (Å²) in [5.41, 5.74) is 4.16. The lowest BCUT2D eigenvalue weighted by Gasteiger charge is -2.11. The van der Waals surface area contributed by atoms with Crippen LogP contribution in [0.1, 0.15) is 15.9 Å². The van der Waals surface area contributed by atoms with E-state index in [0.29, 0.717) is 10.6 Å². The lowest BCUT2D eigenvalue weighted by molar-refractivity contribution is -0.384. The SMILES string of the molecule is O=C(NNc1ncnc(NCc2ccccc2Cl)c1[N+](=O)[O-])c1ccc(Cl)c([N+](=O)[O-])c1. The van der Waals surface area contributed by atoms with Gasteiger partial charge in [-0.15, -0.1) is 0 Å². The molecule has 3 aromatic rings. The molecule has 3 N–H and O–H groups in total. The molecule has 0 radical (unpaired) electrons. The number of nitro benzene ring substituents is 1. The fourth-order valence-corrected chi connectivity index (χ4v) is 2.96. The number of halogens is 2. The van der Waals surface area contributed by atoms with Gasteiger partial charge in [-0.3, -0.25) is 35.9 Å². The number of nitrogens with one attached hydrogen (secondary N) is 3. The van der Waals surface area contributed by atoms with E-state index in [-0.39, 0.29) is 28.8 Å². The largest absolute Gasteiger partial charge is 0.360 e. The first-order valence-corrected chi connectivity index (χ1v) is 9.50. The van der Waals surface area contributed by atoms with Crippen molar-refractivity contribution >= 4 is 52.1 Å². The van der Waals surface area contributed by atoms with Gasteiger partial charge in [0.05, 0.1) is 9.85 Å². The number of nitrogens with zero attached hydrogens (tertiary/aromatic N) is 4. The van der Waals surface area contributed by atoms with Crippen LogP contribution in [0.15, 0.2) is 48.8 Å². The van der Waals surface area contributed by atoms with Gasteiger partial charge in [0.25, 0.3) is 11.6 Å². The van der Waals surface area contributed by atoms with Crippen LogP contribution in [0.2, 0.25) is 10.0 Å². The topological polar surface area (TPSA) is 165 Å². The summed E-state index contributed by atoms with van der Waals surface area (Å²) in [6.07, 6.45) is 1.06. The van der Waals surface area contributed by atoms with Crippen LogP contribution in [0.3, 0.4) is 0 Å². The summed E-state index contributed by atoms with van der Waals surface area (Å²) >= 11 is 11.8. The van der Waals surface area contributed by atoms with Crippen molar-refractivity contribution in [3.8, 4) is 0 Å². The number of amides is 1. The maximum Gasteiger partial charge on any atom is 0.354 e. The van der Waals surface area contributed by atoms with Gasteiger partial charge >= 0.3 is 5.69 Å². The molecular weight excluding hydrogens is 465 g/mol. The molecule has 1 aromatic heterocycles. The van der Waals surface area contributed by atoms with E-state index >= 15 is 0 Å². The van der Waals surface area contributed by atoms with Crippen molar-refractivity contribution in [1.82, 2.24) is 15.4 Å². The summed E-state index contributed by atoms with van der Waals surface area (Å²) in [6, 6.07) is 10.4. The third kappa shape index (κ3) is 5.17. The Balaban J connectivity index is 1.78. The molecule has 3 rings (SSSR count). The quantitative estimate of drug-likeness (QED) is 0.321. The number of nitro groups is 2. The van der Waals surface area contributed by atoms with Crippen molar-refractivity contribution in [3.05, 3.63) is 90.2 Å². The van der Waals surface area contributed by atoms with Crippen molar-refractivity contribution in [3.63, 3.8) is 0 Å². The molecule has 1 amide bonds. The summed E-state index contributed by atoms with van der Waals surface area (Å²) in [4.78, 5) is 41.1. The molecule has 0 saturated heterocycles. The molecule has 0 aliphatic rings. The van der Waals surface area contributed by atoms with Crippen LogP contribution < -0.4 is 16.2 Å². The Hall–Kier alpha value is -4.03. The van der Waals surface area contributed by atoms with Gasteiger partial charge in [-0.2, -0.15) is 0 Å². The van der Waals surface area contributed by atoms with Crippen molar-refractivity contribution in [2.75, 3.05) is 10.7 Å². The molecule has 32 heavy (non-hydrogen) atoms. The van der Waals surface area contributed by atoms with E-state index in [2.05, 4.69) is 26.1 Å². The molecule has 0 aliphatic heterocycles. The Morgan fingerprint density at radius 3 is 2.38 bits per heavy atom. The number of hydrazine groups is 1. The molecule has 0 spiro atoms. The molecule has 0 aliphatic carbocycles. The van der Waals surface area contributed by atoms with E-state index < -0.39 is 27.1 Å². The van der Waals surface area contributed by atoms with E-state index in [1.807, 2.05) is 0 Å². The minimum absolute atomic E-state index is 0.0950. The second-order valence-electron chi connectivity index (χ2n) is 6.12. The minimum Gasteiger partial charge on any atom is -0.360 e. The first-order chi connectivity index (χ1) is 15.3. The highest BCUT2D eigenvalue weighted by Gasteiger charge is 2.24. The molecule has 1 heterocycles. The number of carbonyl (C=O) groups excluding carboxylic acids is 1. The maximum atomic E-state index is 12.3. The van der Waals surface area contributed by atoms with Crippen LogP contribution in [0.4, 0.5) is 23.0 Å². The van der Waals surface area contributed by atoms with Crippen LogP contribution in [-0.2, 0) is 6.54 Å². The highest BCUT2D eigenvalue weighted by Crippen LogP contribution is 2.29. The number of hydrogen-bond acceptors (Lipinski definition) is 9. The van der Waals surface area contributed by atoms with Crippen molar-refractivity contribution in [1.29, 1.82) is 0 Å². The Labute approximate surface area is 189 Å². The summed E-state index contributed by atoms with van der Waals surface area (Å²) in [5.74, 6) is -1.21. The van der Waals surface area contributed by atoms with Gasteiger partial charge in [0.15, 0.2) is 0 Å². The van der Waals surface area contributed by atoms with Gasteiger partial charge in [0.2, 0.25) is 11.6 Å². The zero-order valence-corrected chi connectivity index (χ0v) is 17.4. The molecule has 164 valence electrons. The van der Waals surface area contributed by atoms with Gasteiger partial charge in [0.1, 0.15) is 11.3 Å². The van der Waals surface area contributed by atoms with E-state index in [9.17, 15) is 25.0 Å². The van der Waals surface area contributed by atoms with Crippen LogP contribution in [-0.4, -0.2) is 25.7 Å². The zero-order chi connectivity index (χ0) is 23.3. The fourth-order valence-electron chi connectivity index (χ4n) is 2.58. The summed E-state index contributed by atoms with van der Waals surface area (Å²) in [7, 11) is 0. The number of rotatable bonds is 8. The molecule has 0 unspecified atom stereocenters. The van der Waals surface area contributed by atoms with Crippen LogP contribution in [0.25, 0.3) is 0 Å². The minimum atomic E-state index is -0.803. The van der Waals surface area contributed by atoms with Crippen molar-refractivity contribution in [2.24, 2.45) is 0 Å². The molecule has 0 fully saturated rings. The fraction of sp³-hybridized carbons (Fsp3) is 0.0556. The summed E-state index contributed by atoms with van der Waals surface area (Å²) in [5, 5.41) is 25.7. The van der Waals surface area contributed by atoms with E-state index in [0.717, 1.165) is 12.4 Å². The van der Waals surface area contributed by atoms with Crippen LogP contribution >= 0.6 is 23.2 Å². The Morgan fingerprint density at radius 1 is 0.969 bits per heavy atom. The number of hydrogen-bond donors (Lipinski definition) is 3. The summed E-state index contributed by atoms with van der Waals surface area (Å²) in [6.45, 7) is 0.151. The van der Waals surface area contributed by atoms with Gasteiger partial charge < -0.3 is 5.32 Å². The first kappa shape index (κ1) is 22.7. The molecule has 12 nitrogen and oxygen atoms in total. The van der Waals surface area contributed by atoms with Crippen molar-refractivity contribution in [2.45, 2.75) is 6.54 Å². The molecular formula is C18H13Cl2N7O5. The van der Waals surface area contributed by atoms with Gasteiger partial charge in [-0.25, -0.2) is 9.97 Å². The predicted molar refractivity (Wildman–Crippen MR) is 117 cm³/mol. The third-order valence-corrected chi connectivity index (χ3v) is 4.80. The number of carbonyl (C=O) groups is 1. The molecule has 0 saturated carbocycles. The Kier molecular flexibility index (Phi) is 6.97. The maximum absolute atomic E-state index is 12.3. The number of aromatic nitrogens is 2. The van der Waals surface area contributed by atoms with E-state index in [1.54, 1.807) is 24.3 Å². The summed E-state index contributed by atoms with van der Waals surface area (Å²) < 4.78 is 0. The highest BCUT2D eigenvalue weighted by atomic mass is 35.5. The molecule has 0 atom stereocenters. The normalized spacial score (nSPS) is 10.3. The lowest BCUT2D eigenvalue weighted by atomic mass is 10.2. The smallest absolute Gasteiger partial charge is 0.354 e. The Bertz CT molecular complexity index is 1210. The Morgan fingerprint density at radius 2 is 1.69 bits per heavy atom. The van der Waals surface area contributed by atoms with Gasteiger partial charge in [-0.05, 0) is 23.8 Å². The third-order valence-electron chi connectivity index (χ3n) is 4.11. The molecule has 14 heteroatoms. The van der Waals surface area contributed by atoms with Gasteiger partial charge in [-0.1, -0.05) is 41.4 Å². The lowest BCUT2D eigenvalue weighted by Crippen LogP contribution is -2.30. The molecule has 0 bridgehead atoms. The zero-order valence-electron chi connectivity index (χ0n) is 15.9. The van der Waals surface area contributed by atoms with E-state index in [1.165, 1.54) is 12.1 Å². The molecule has 2 aromatic carbocycles. The van der Waals surface area contributed by atoms with Crippen molar-refractivity contribution < 1.29 is 14.6 Å². The van der Waals surface area contributed by atoms with Gasteiger partial charge in [0, 0.05) is 23.2 Å². The highest BCUT2D eigenvalue weighted by molar-refractivity contribution is 6.32. The van der Waals surface area contributed by atoms with E-state index in [4.69, 9.17) is 23.2 Å². The number of benzene rings is 2. The average Bonchev–Trinajstić information content (AvgIpc) is 2.76.